The van der Waals surface area contributed by atoms with Gasteiger partial charge in [-0.25, -0.2) is 9.78 Å². The predicted molar refractivity (Wildman–Crippen MR) is 47.0 cm³/mol. The third kappa shape index (κ3) is 7.35. The summed E-state index contributed by atoms with van der Waals surface area (Å²) in [6.07, 6.45) is 2.31. The molecule has 1 aromatic carbocycles. The van der Waals surface area contributed by atoms with Crippen LogP contribution in [0.15, 0.2) is 30.3 Å². The summed E-state index contributed by atoms with van der Waals surface area (Å²) in [5, 5.41) is 10.3. The van der Waals surface area contributed by atoms with Gasteiger partial charge < -0.3 is 5.11 Å². The van der Waals surface area contributed by atoms with Crippen molar-refractivity contribution >= 4 is 0 Å². The Morgan fingerprint density at radius 2 is 1.43 bits per heavy atom. The summed E-state index contributed by atoms with van der Waals surface area (Å²) in [6.45, 7) is 1.56. The van der Waals surface area contributed by atoms with Crippen LogP contribution < -0.4 is 34.7 Å². The molecule has 3 nitrogen and oxygen atoms in total. The van der Waals surface area contributed by atoms with Gasteiger partial charge in [0.15, 0.2) is 0 Å². The van der Waals surface area contributed by atoms with Crippen molar-refractivity contribution in [3.05, 3.63) is 30.3 Å². The maximum atomic E-state index is 10.3. The Balaban J connectivity index is 0.000000227. The first-order valence-corrected chi connectivity index (χ1v) is 4.36. The number of benzene rings is 1. The number of rotatable bonds is 0. The number of hydrogen-bond donors (Lipinski definition) is 0. The topological polar surface area (TPSA) is 41.5 Å². The average Bonchev–Trinajstić information content (AvgIpc) is 2.22. The van der Waals surface area contributed by atoms with Crippen molar-refractivity contribution in [2.75, 3.05) is 13.2 Å². The minimum absolute atomic E-state index is 0. The zero-order valence-electron chi connectivity index (χ0n) is 8.44. The molecule has 0 radical (unpaired) electrons. The minimum atomic E-state index is 0. The van der Waals surface area contributed by atoms with Crippen molar-refractivity contribution in [2.24, 2.45) is 0 Å². The molecule has 14 heavy (non-hydrogen) atoms. The van der Waals surface area contributed by atoms with Crippen LogP contribution >= 0.6 is 0 Å². The van der Waals surface area contributed by atoms with E-state index in [1.165, 1.54) is 12.1 Å². The Kier molecular flexibility index (Phi) is 9.45. The molecular formula is C10H13NaO3. The van der Waals surface area contributed by atoms with Crippen molar-refractivity contribution in [2.45, 2.75) is 12.8 Å². The van der Waals surface area contributed by atoms with Crippen LogP contribution in [0.3, 0.4) is 0 Å². The van der Waals surface area contributed by atoms with Gasteiger partial charge in [-0.2, -0.15) is 0 Å². The number of hydrogen-bond acceptors (Lipinski definition) is 3. The smallest absolute Gasteiger partial charge is 0.872 e. The van der Waals surface area contributed by atoms with E-state index in [-0.39, 0.29) is 35.3 Å². The third-order valence-corrected chi connectivity index (χ3v) is 1.53. The van der Waals surface area contributed by atoms with Crippen LogP contribution in [0.4, 0.5) is 0 Å². The van der Waals surface area contributed by atoms with Crippen molar-refractivity contribution in [1.29, 1.82) is 0 Å². The molecule has 1 aliphatic rings. The molecule has 0 spiro atoms. The van der Waals surface area contributed by atoms with Gasteiger partial charge >= 0.3 is 29.6 Å². The van der Waals surface area contributed by atoms with Crippen LogP contribution in [-0.2, 0) is 9.78 Å². The molecular weight excluding hydrogens is 191 g/mol. The molecule has 0 amide bonds. The molecule has 0 atom stereocenters. The van der Waals surface area contributed by atoms with Crippen LogP contribution in [0.2, 0.25) is 0 Å². The molecule has 1 aliphatic heterocycles. The molecule has 72 valence electrons. The van der Waals surface area contributed by atoms with Gasteiger partial charge in [-0.05, 0) is 12.8 Å². The molecule has 1 aromatic rings. The van der Waals surface area contributed by atoms with E-state index in [4.69, 9.17) is 0 Å². The van der Waals surface area contributed by atoms with Crippen molar-refractivity contribution in [1.82, 2.24) is 0 Å². The fraction of sp³-hybridized carbons (Fsp3) is 0.400. The second-order valence-corrected chi connectivity index (χ2v) is 2.66. The molecule has 0 N–H and O–H groups in total. The fourth-order valence-electron chi connectivity index (χ4n) is 0.860. The molecule has 0 aliphatic carbocycles. The van der Waals surface area contributed by atoms with Gasteiger partial charge in [0.05, 0.1) is 13.2 Å². The molecule has 0 saturated carbocycles. The molecule has 0 bridgehead atoms. The van der Waals surface area contributed by atoms with Crippen molar-refractivity contribution < 1.29 is 44.4 Å². The van der Waals surface area contributed by atoms with Crippen LogP contribution in [0.5, 0.6) is 5.75 Å². The third-order valence-electron chi connectivity index (χ3n) is 1.53. The second-order valence-electron chi connectivity index (χ2n) is 2.66. The van der Waals surface area contributed by atoms with Crippen LogP contribution in [0.1, 0.15) is 12.8 Å². The first-order valence-electron chi connectivity index (χ1n) is 4.36. The molecule has 4 heteroatoms. The maximum absolute atomic E-state index is 10.3. The Hall–Kier alpha value is -0.0600. The van der Waals surface area contributed by atoms with Crippen LogP contribution in [0, 0.1) is 0 Å². The van der Waals surface area contributed by atoms with E-state index in [2.05, 4.69) is 9.78 Å². The normalized spacial score (nSPS) is 14.6. The molecule has 0 unspecified atom stereocenters. The molecule has 1 saturated heterocycles. The maximum Gasteiger partial charge on any atom is 1.00 e. The number of para-hydroxylation sites is 1. The van der Waals surface area contributed by atoms with Gasteiger partial charge in [0.25, 0.3) is 0 Å². The van der Waals surface area contributed by atoms with Crippen LogP contribution in [0.25, 0.3) is 0 Å². The quantitative estimate of drug-likeness (QED) is 0.381. The molecule has 1 fully saturated rings. The summed E-state index contributed by atoms with van der Waals surface area (Å²) in [5.74, 6) is 0.0718. The van der Waals surface area contributed by atoms with Gasteiger partial charge in [0.2, 0.25) is 0 Å². The fourth-order valence-corrected chi connectivity index (χ4v) is 0.860. The standard InChI is InChI=1S/C6H6O.C4H8O2.Na/c7-6-4-2-1-3-5-6;1-2-4-6-5-3-1;/h1-5,7H;1-4H2;/q;;+1/p-1. The summed E-state index contributed by atoms with van der Waals surface area (Å²) in [4.78, 5) is 9.14. The summed E-state index contributed by atoms with van der Waals surface area (Å²) in [6, 6.07) is 8.33. The minimum Gasteiger partial charge on any atom is -0.872 e. The second kappa shape index (κ2) is 9.49. The van der Waals surface area contributed by atoms with Gasteiger partial charge in [0, 0.05) is 0 Å². The zero-order valence-corrected chi connectivity index (χ0v) is 10.4. The van der Waals surface area contributed by atoms with E-state index in [0.717, 1.165) is 26.1 Å². The first-order chi connectivity index (χ1) is 6.39. The largest absolute Gasteiger partial charge is 1.00 e. The Morgan fingerprint density at radius 1 is 0.929 bits per heavy atom. The van der Waals surface area contributed by atoms with Gasteiger partial charge in [-0.3, -0.25) is 0 Å². The summed E-state index contributed by atoms with van der Waals surface area (Å²) >= 11 is 0. The molecule has 1 heterocycles. The van der Waals surface area contributed by atoms with E-state index in [1.54, 1.807) is 12.1 Å². The van der Waals surface area contributed by atoms with Crippen molar-refractivity contribution in [3.8, 4) is 5.75 Å². The van der Waals surface area contributed by atoms with Gasteiger partial charge in [-0.1, -0.05) is 30.3 Å². The first kappa shape index (κ1) is 13.9. The zero-order chi connectivity index (χ0) is 9.36. The van der Waals surface area contributed by atoms with E-state index in [9.17, 15) is 5.11 Å². The van der Waals surface area contributed by atoms with E-state index in [1.807, 2.05) is 6.07 Å². The van der Waals surface area contributed by atoms with E-state index in [0.29, 0.717) is 0 Å². The van der Waals surface area contributed by atoms with E-state index < -0.39 is 0 Å². The summed E-state index contributed by atoms with van der Waals surface area (Å²) in [5.41, 5.74) is 0. The Morgan fingerprint density at radius 3 is 1.64 bits per heavy atom. The SMILES string of the molecule is C1CCOOC1.[Na+].[O-]c1ccccc1. The Bertz CT molecular complexity index is 200. The van der Waals surface area contributed by atoms with Crippen LogP contribution in [-0.4, -0.2) is 13.2 Å². The summed E-state index contributed by atoms with van der Waals surface area (Å²) < 4.78 is 0. The van der Waals surface area contributed by atoms with E-state index >= 15 is 0 Å². The predicted octanol–water partition coefficient (Wildman–Crippen LogP) is -1.51. The summed E-state index contributed by atoms with van der Waals surface area (Å²) in [7, 11) is 0. The monoisotopic (exact) mass is 204 g/mol. The molecule has 2 rings (SSSR count). The van der Waals surface area contributed by atoms with Gasteiger partial charge in [0.1, 0.15) is 0 Å². The van der Waals surface area contributed by atoms with Crippen molar-refractivity contribution in [3.63, 3.8) is 0 Å². The Labute approximate surface area is 106 Å². The van der Waals surface area contributed by atoms with Gasteiger partial charge in [-0.15, -0.1) is 5.75 Å². The molecule has 0 aromatic heterocycles. The average molecular weight is 204 g/mol.